The lowest BCUT2D eigenvalue weighted by molar-refractivity contribution is -0.136. The van der Waals surface area contributed by atoms with Gasteiger partial charge in [0.25, 0.3) is 0 Å². The molecular formula is C23H16ClNO3. The maximum absolute atomic E-state index is 12.1. The van der Waals surface area contributed by atoms with E-state index in [9.17, 15) is 4.79 Å². The van der Waals surface area contributed by atoms with Crippen molar-refractivity contribution in [2.75, 3.05) is 0 Å². The zero-order chi connectivity index (χ0) is 19.3. The van der Waals surface area contributed by atoms with Crippen molar-refractivity contribution in [3.05, 3.63) is 106 Å². The van der Waals surface area contributed by atoms with Gasteiger partial charge in [0, 0.05) is 10.6 Å². The van der Waals surface area contributed by atoms with Gasteiger partial charge in [-0.1, -0.05) is 71.4 Å². The van der Waals surface area contributed by atoms with E-state index in [1.54, 1.807) is 6.08 Å². The molecule has 0 radical (unpaired) electrons. The third-order valence-electron chi connectivity index (χ3n) is 4.23. The zero-order valence-electron chi connectivity index (χ0n) is 14.8. The lowest BCUT2D eigenvalue weighted by Gasteiger charge is -2.07. The molecule has 3 aromatic rings. The fourth-order valence-corrected chi connectivity index (χ4v) is 2.95. The van der Waals surface area contributed by atoms with Crippen LogP contribution in [0.5, 0.6) is 5.75 Å². The number of ether oxygens (including phenoxy) is 1. The van der Waals surface area contributed by atoms with Crippen molar-refractivity contribution in [1.29, 1.82) is 0 Å². The normalized spacial score (nSPS) is 14.7. The quantitative estimate of drug-likeness (QED) is 0.441. The van der Waals surface area contributed by atoms with Gasteiger partial charge in [0.15, 0.2) is 0 Å². The first-order valence-corrected chi connectivity index (χ1v) is 9.11. The summed E-state index contributed by atoms with van der Waals surface area (Å²) in [5.74, 6) is 0.236. The number of hydrogen-bond acceptors (Lipinski definition) is 4. The average Bonchev–Trinajstić information content (AvgIpc) is 3.09. The van der Waals surface area contributed by atoms with E-state index >= 15 is 0 Å². The number of carbonyl (C=O) groups excluding carboxylic acids is 1. The Labute approximate surface area is 167 Å². The Kier molecular flexibility index (Phi) is 5.22. The fraction of sp³-hybridized carbons (Fsp3) is 0.0435. The second-order valence-electron chi connectivity index (χ2n) is 6.23. The first-order valence-electron chi connectivity index (χ1n) is 8.73. The molecule has 0 amide bonds. The molecule has 3 aromatic carbocycles. The Morgan fingerprint density at radius 1 is 0.964 bits per heavy atom. The van der Waals surface area contributed by atoms with Crippen LogP contribution >= 0.6 is 11.6 Å². The average molecular weight is 390 g/mol. The van der Waals surface area contributed by atoms with E-state index in [2.05, 4.69) is 5.16 Å². The Hall–Kier alpha value is -3.37. The molecule has 138 valence electrons. The summed E-state index contributed by atoms with van der Waals surface area (Å²) in [6.45, 7) is 0.427. The molecule has 0 aromatic heterocycles. The maximum atomic E-state index is 12.1. The molecule has 0 N–H and O–H groups in total. The Balaban J connectivity index is 1.54. The molecule has 1 aliphatic heterocycles. The molecule has 0 fully saturated rings. The summed E-state index contributed by atoms with van der Waals surface area (Å²) < 4.78 is 5.86. The minimum atomic E-state index is -0.466. The third-order valence-corrected chi connectivity index (χ3v) is 4.48. The standard InChI is InChI=1S/C23H16ClNO3/c24-19-11-9-16(10-12-19)15-27-20-8-4-5-17(13-20)14-21-22(25-28-23(21)26)18-6-2-1-3-7-18/h1-14H,15H2/b21-14-. The highest BCUT2D eigenvalue weighted by atomic mass is 35.5. The maximum Gasteiger partial charge on any atom is 0.368 e. The molecule has 0 aliphatic carbocycles. The van der Waals surface area contributed by atoms with E-state index in [-0.39, 0.29) is 0 Å². The van der Waals surface area contributed by atoms with Crippen molar-refractivity contribution in [3.8, 4) is 5.75 Å². The highest BCUT2D eigenvalue weighted by Gasteiger charge is 2.26. The van der Waals surface area contributed by atoms with Crippen LogP contribution in [0.25, 0.3) is 6.08 Å². The fourth-order valence-electron chi connectivity index (χ4n) is 2.82. The molecular weight excluding hydrogens is 374 g/mol. The summed E-state index contributed by atoms with van der Waals surface area (Å²) in [5, 5.41) is 4.62. The van der Waals surface area contributed by atoms with Gasteiger partial charge in [-0.15, -0.1) is 0 Å². The summed E-state index contributed by atoms with van der Waals surface area (Å²) in [5.41, 5.74) is 3.62. The summed E-state index contributed by atoms with van der Waals surface area (Å²) in [6, 6.07) is 24.5. The summed E-state index contributed by atoms with van der Waals surface area (Å²) >= 11 is 5.90. The molecule has 4 rings (SSSR count). The summed E-state index contributed by atoms with van der Waals surface area (Å²) in [4.78, 5) is 17.0. The lowest BCUT2D eigenvalue weighted by atomic mass is 10.0. The van der Waals surface area contributed by atoms with E-state index in [0.717, 1.165) is 16.7 Å². The van der Waals surface area contributed by atoms with Gasteiger partial charge >= 0.3 is 5.97 Å². The topological polar surface area (TPSA) is 47.9 Å². The smallest absolute Gasteiger partial charge is 0.368 e. The Bertz CT molecular complexity index is 1060. The summed E-state index contributed by atoms with van der Waals surface area (Å²) in [6.07, 6.45) is 1.76. The number of carbonyl (C=O) groups is 1. The first kappa shape index (κ1) is 18.0. The molecule has 28 heavy (non-hydrogen) atoms. The molecule has 0 saturated heterocycles. The predicted molar refractivity (Wildman–Crippen MR) is 109 cm³/mol. The van der Waals surface area contributed by atoms with Gasteiger partial charge in [0.2, 0.25) is 0 Å². The van der Waals surface area contributed by atoms with Crippen LogP contribution in [-0.4, -0.2) is 11.7 Å². The van der Waals surface area contributed by atoms with Crippen LogP contribution in [-0.2, 0) is 16.2 Å². The highest BCUT2D eigenvalue weighted by molar-refractivity contribution is 6.31. The van der Waals surface area contributed by atoms with E-state index in [1.807, 2.05) is 78.9 Å². The monoisotopic (exact) mass is 389 g/mol. The lowest BCUT2D eigenvalue weighted by Crippen LogP contribution is -2.06. The number of nitrogens with zero attached hydrogens (tertiary/aromatic N) is 1. The Morgan fingerprint density at radius 3 is 2.54 bits per heavy atom. The van der Waals surface area contributed by atoms with E-state index in [0.29, 0.717) is 28.7 Å². The van der Waals surface area contributed by atoms with Crippen LogP contribution in [0.3, 0.4) is 0 Å². The molecule has 1 heterocycles. The molecule has 0 atom stereocenters. The molecule has 4 nitrogen and oxygen atoms in total. The van der Waals surface area contributed by atoms with Gasteiger partial charge in [-0.25, -0.2) is 4.79 Å². The van der Waals surface area contributed by atoms with Crippen LogP contribution in [0.2, 0.25) is 5.02 Å². The van der Waals surface area contributed by atoms with Crippen LogP contribution in [0.4, 0.5) is 0 Å². The van der Waals surface area contributed by atoms with Crippen molar-refractivity contribution in [3.63, 3.8) is 0 Å². The molecule has 0 spiro atoms. The molecule has 0 bridgehead atoms. The van der Waals surface area contributed by atoms with Gasteiger partial charge in [-0.05, 0) is 41.5 Å². The zero-order valence-corrected chi connectivity index (χ0v) is 15.6. The number of halogens is 1. The van der Waals surface area contributed by atoms with Crippen LogP contribution in [0.1, 0.15) is 16.7 Å². The molecule has 1 aliphatic rings. The molecule has 5 heteroatoms. The molecule has 0 unspecified atom stereocenters. The van der Waals surface area contributed by atoms with Crippen molar-refractivity contribution >= 4 is 29.4 Å². The summed E-state index contributed by atoms with van der Waals surface area (Å²) in [7, 11) is 0. The van der Waals surface area contributed by atoms with Gasteiger partial charge < -0.3 is 9.57 Å². The van der Waals surface area contributed by atoms with Crippen LogP contribution in [0.15, 0.2) is 89.6 Å². The van der Waals surface area contributed by atoms with E-state index in [4.69, 9.17) is 21.2 Å². The second-order valence-corrected chi connectivity index (χ2v) is 6.67. The predicted octanol–water partition coefficient (Wildman–Crippen LogP) is 5.26. The Morgan fingerprint density at radius 2 is 1.75 bits per heavy atom. The highest BCUT2D eigenvalue weighted by Crippen LogP contribution is 2.23. The largest absolute Gasteiger partial charge is 0.489 e. The van der Waals surface area contributed by atoms with Crippen LogP contribution < -0.4 is 4.74 Å². The molecule has 0 saturated carbocycles. The number of benzene rings is 3. The number of hydrogen-bond donors (Lipinski definition) is 0. The van der Waals surface area contributed by atoms with E-state index < -0.39 is 5.97 Å². The van der Waals surface area contributed by atoms with Crippen LogP contribution in [0, 0.1) is 0 Å². The third kappa shape index (κ3) is 4.13. The minimum Gasteiger partial charge on any atom is -0.489 e. The second kappa shape index (κ2) is 8.11. The van der Waals surface area contributed by atoms with Gasteiger partial charge in [-0.2, -0.15) is 0 Å². The minimum absolute atomic E-state index is 0.418. The van der Waals surface area contributed by atoms with Gasteiger partial charge in [0.05, 0.1) is 5.57 Å². The van der Waals surface area contributed by atoms with Crippen molar-refractivity contribution in [1.82, 2.24) is 0 Å². The van der Waals surface area contributed by atoms with Crippen molar-refractivity contribution < 1.29 is 14.4 Å². The number of rotatable bonds is 5. The van der Waals surface area contributed by atoms with Crippen molar-refractivity contribution in [2.24, 2.45) is 5.16 Å². The van der Waals surface area contributed by atoms with Crippen molar-refractivity contribution in [2.45, 2.75) is 6.61 Å². The SMILES string of the molecule is O=C1ON=C(c2ccccc2)/C1=C/c1cccc(OCc2ccc(Cl)cc2)c1. The van der Waals surface area contributed by atoms with Gasteiger partial charge in [0.1, 0.15) is 18.1 Å². The first-order chi connectivity index (χ1) is 13.7. The van der Waals surface area contributed by atoms with Gasteiger partial charge in [-0.3, -0.25) is 0 Å². The number of oxime groups is 1. The van der Waals surface area contributed by atoms with E-state index in [1.165, 1.54) is 0 Å².